The number of nitrogens with zero attached hydrogens (tertiary/aromatic N) is 7. The SMILES string of the molecule is COc1ccc(Cn2nnnc2C(F)(F)c2cnc3c(C)nn(Cc4c(C)cccc4I)c3c2)cc1. The lowest BCUT2D eigenvalue weighted by Gasteiger charge is -2.16. The molecule has 0 atom stereocenters. The molecule has 0 fully saturated rings. The Labute approximate surface area is 219 Å². The summed E-state index contributed by atoms with van der Waals surface area (Å²) in [6.45, 7) is 4.37. The Bertz CT molecular complexity index is 1530. The molecule has 3 heterocycles. The van der Waals surface area contributed by atoms with E-state index in [1.807, 2.05) is 32.0 Å². The van der Waals surface area contributed by atoms with Gasteiger partial charge in [0.25, 0.3) is 0 Å². The number of pyridine rings is 1. The Kier molecular flexibility index (Phi) is 6.41. The molecule has 0 unspecified atom stereocenters. The second-order valence-corrected chi connectivity index (χ2v) is 9.61. The molecule has 11 heteroatoms. The summed E-state index contributed by atoms with van der Waals surface area (Å²) < 4.78 is 40.6. The summed E-state index contributed by atoms with van der Waals surface area (Å²) in [5, 5.41) is 15.6. The van der Waals surface area contributed by atoms with Gasteiger partial charge in [-0.05, 0) is 87.8 Å². The molecule has 5 rings (SSSR count). The van der Waals surface area contributed by atoms with E-state index in [0.29, 0.717) is 29.0 Å². The van der Waals surface area contributed by atoms with Gasteiger partial charge < -0.3 is 4.74 Å². The molecule has 0 saturated carbocycles. The summed E-state index contributed by atoms with van der Waals surface area (Å²) in [6.07, 6.45) is 1.17. The van der Waals surface area contributed by atoms with Gasteiger partial charge in [0.2, 0.25) is 5.82 Å². The van der Waals surface area contributed by atoms with E-state index in [9.17, 15) is 0 Å². The Hall–Kier alpha value is -3.48. The smallest absolute Gasteiger partial charge is 0.335 e. The van der Waals surface area contributed by atoms with Crippen LogP contribution in [0, 0.1) is 17.4 Å². The van der Waals surface area contributed by atoms with Crippen LogP contribution < -0.4 is 4.74 Å². The first-order valence-electron chi connectivity index (χ1n) is 11.1. The summed E-state index contributed by atoms with van der Waals surface area (Å²) >= 11 is 2.28. The Balaban J connectivity index is 1.51. The van der Waals surface area contributed by atoms with Crippen molar-refractivity contribution in [3.63, 3.8) is 0 Å². The van der Waals surface area contributed by atoms with Gasteiger partial charge in [0.05, 0.1) is 31.4 Å². The zero-order valence-corrected chi connectivity index (χ0v) is 21.9. The van der Waals surface area contributed by atoms with Gasteiger partial charge in [-0.25, -0.2) is 4.68 Å². The zero-order chi connectivity index (χ0) is 25.4. The molecule has 184 valence electrons. The average Bonchev–Trinajstić information content (AvgIpc) is 3.46. The van der Waals surface area contributed by atoms with Crippen LogP contribution in [0.5, 0.6) is 5.75 Å². The van der Waals surface area contributed by atoms with Crippen molar-refractivity contribution in [1.82, 2.24) is 35.0 Å². The monoisotopic (exact) mass is 601 g/mol. The number of benzene rings is 2. The second kappa shape index (κ2) is 9.52. The lowest BCUT2D eigenvalue weighted by atomic mass is 10.1. The maximum absolute atomic E-state index is 15.8. The molecule has 0 amide bonds. The van der Waals surface area contributed by atoms with E-state index in [-0.39, 0.29) is 12.1 Å². The number of rotatable bonds is 7. The van der Waals surface area contributed by atoms with E-state index in [2.05, 4.69) is 48.2 Å². The van der Waals surface area contributed by atoms with E-state index in [4.69, 9.17) is 4.74 Å². The third kappa shape index (κ3) is 4.43. The quantitative estimate of drug-likeness (QED) is 0.248. The number of ether oxygens (including phenoxy) is 1. The lowest BCUT2D eigenvalue weighted by Crippen LogP contribution is -2.23. The molecule has 36 heavy (non-hydrogen) atoms. The molecule has 2 aromatic carbocycles. The number of halogens is 3. The van der Waals surface area contributed by atoms with Gasteiger partial charge in [0.15, 0.2) is 0 Å². The Morgan fingerprint density at radius 3 is 2.53 bits per heavy atom. The molecule has 0 N–H and O–H groups in total. The second-order valence-electron chi connectivity index (χ2n) is 8.45. The van der Waals surface area contributed by atoms with Gasteiger partial charge in [-0.3, -0.25) is 9.67 Å². The highest BCUT2D eigenvalue weighted by Crippen LogP contribution is 2.35. The normalized spacial score (nSPS) is 11.8. The van der Waals surface area contributed by atoms with E-state index in [0.717, 1.165) is 24.9 Å². The predicted molar refractivity (Wildman–Crippen MR) is 138 cm³/mol. The summed E-state index contributed by atoms with van der Waals surface area (Å²) in [7, 11) is 1.56. The van der Waals surface area contributed by atoms with E-state index in [1.54, 1.807) is 36.1 Å². The van der Waals surface area contributed by atoms with Gasteiger partial charge in [-0.15, -0.1) is 5.10 Å². The minimum atomic E-state index is -3.47. The zero-order valence-electron chi connectivity index (χ0n) is 19.8. The van der Waals surface area contributed by atoms with Crippen LogP contribution in [0.1, 0.15) is 33.8 Å². The fourth-order valence-corrected chi connectivity index (χ4v) is 4.89. The van der Waals surface area contributed by atoms with Crippen molar-refractivity contribution >= 4 is 33.6 Å². The molecule has 0 spiro atoms. The maximum atomic E-state index is 15.8. The number of tetrazole rings is 1. The van der Waals surface area contributed by atoms with Gasteiger partial charge in [-0.2, -0.15) is 13.9 Å². The van der Waals surface area contributed by atoms with E-state index >= 15 is 8.78 Å². The highest BCUT2D eigenvalue weighted by atomic mass is 127. The van der Waals surface area contributed by atoms with Crippen LogP contribution in [-0.2, 0) is 19.0 Å². The van der Waals surface area contributed by atoms with Crippen LogP contribution in [0.25, 0.3) is 11.0 Å². The average molecular weight is 601 g/mol. The number of hydrogen-bond donors (Lipinski definition) is 0. The van der Waals surface area contributed by atoms with Crippen LogP contribution in [0.3, 0.4) is 0 Å². The molecule has 0 aliphatic carbocycles. The first kappa shape index (κ1) is 24.2. The molecular formula is C25H22F2IN7O. The highest BCUT2D eigenvalue weighted by Gasteiger charge is 2.41. The van der Waals surface area contributed by atoms with Crippen LogP contribution in [0.15, 0.2) is 54.7 Å². The highest BCUT2D eigenvalue weighted by molar-refractivity contribution is 14.1. The van der Waals surface area contributed by atoms with Crippen molar-refractivity contribution in [2.24, 2.45) is 0 Å². The van der Waals surface area contributed by atoms with Crippen molar-refractivity contribution < 1.29 is 13.5 Å². The number of methoxy groups -OCH3 is 1. The minimum Gasteiger partial charge on any atom is -0.497 e. The number of alkyl halides is 2. The molecule has 5 aromatic rings. The maximum Gasteiger partial charge on any atom is 0.335 e. The summed E-state index contributed by atoms with van der Waals surface area (Å²) in [6, 6.07) is 14.5. The van der Waals surface area contributed by atoms with Crippen LogP contribution in [0.4, 0.5) is 8.78 Å². The number of fused-ring (bicyclic) bond motifs is 1. The molecule has 8 nitrogen and oxygen atoms in total. The number of aromatic nitrogens is 7. The van der Waals surface area contributed by atoms with Crippen molar-refractivity contribution in [2.45, 2.75) is 32.9 Å². The first-order chi connectivity index (χ1) is 17.3. The molecular weight excluding hydrogens is 579 g/mol. The number of hydrogen-bond acceptors (Lipinski definition) is 6. The molecule has 0 saturated heterocycles. The Morgan fingerprint density at radius 1 is 1.03 bits per heavy atom. The molecule has 0 aliphatic rings. The van der Waals surface area contributed by atoms with E-state index in [1.165, 1.54) is 12.3 Å². The van der Waals surface area contributed by atoms with Gasteiger partial charge >= 0.3 is 5.92 Å². The van der Waals surface area contributed by atoms with Crippen molar-refractivity contribution in [3.05, 3.63) is 92.1 Å². The fraction of sp³-hybridized carbons (Fsp3) is 0.240. The summed E-state index contributed by atoms with van der Waals surface area (Å²) in [5.41, 5.74) is 4.43. The van der Waals surface area contributed by atoms with Crippen molar-refractivity contribution in [1.29, 1.82) is 0 Å². The third-order valence-corrected chi connectivity index (χ3v) is 7.10. The first-order valence-corrected chi connectivity index (χ1v) is 12.2. The summed E-state index contributed by atoms with van der Waals surface area (Å²) in [5.74, 6) is -3.36. The minimum absolute atomic E-state index is 0.0837. The summed E-state index contributed by atoms with van der Waals surface area (Å²) in [4.78, 5) is 4.34. The van der Waals surface area contributed by atoms with Crippen molar-refractivity contribution in [3.8, 4) is 5.75 Å². The molecule has 0 radical (unpaired) electrons. The van der Waals surface area contributed by atoms with Crippen LogP contribution >= 0.6 is 22.6 Å². The van der Waals surface area contributed by atoms with Crippen molar-refractivity contribution in [2.75, 3.05) is 7.11 Å². The topological polar surface area (TPSA) is 83.5 Å². The largest absolute Gasteiger partial charge is 0.497 e. The fourth-order valence-electron chi connectivity index (χ4n) is 4.09. The predicted octanol–water partition coefficient (Wildman–Crippen LogP) is 4.88. The van der Waals surface area contributed by atoms with Gasteiger partial charge in [-0.1, -0.05) is 24.3 Å². The standard InChI is InChI=1S/C25H22F2IN7O/c1-15-5-4-6-21(28)20(15)14-34-22-11-18(12-29-23(22)16(2)31-34)25(26,27)24-30-32-33-35(24)13-17-7-9-19(36-3)10-8-17/h4-12H,13-14H2,1-3H3. The Morgan fingerprint density at radius 2 is 1.81 bits per heavy atom. The molecule has 0 aliphatic heterocycles. The van der Waals surface area contributed by atoms with Crippen LogP contribution in [-0.4, -0.2) is 42.1 Å². The van der Waals surface area contributed by atoms with Gasteiger partial charge in [0, 0.05) is 15.3 Å². The van der Waals surface area contributed by atoms with E-state index < -0.39 is 11.7 Å². The third-order valence-electron chi connectivity index (χ3n) is 6.09. The van der Waals surface area contributed by atoms with Gasteiger partial charge in [0.1, 0.15) is 11.3 Å². The molecule has 0 bridgehead atoms. The van der Waals surface area contributed by atoms with Crippen LogP contribution in [0.2, 0.25) is 0 Å². The lowest BCUT2D eigenvalue weighted by molar-refractivity contribution is 0.0278. The number of aryl methyl sites for hydroxylation is 2. The molecule has 3 aromatic heterocycles.